The van der Waals surface area contributed by atoms with Crippen molar-refractivity contribution in [1.82, 2.24) is 5.32 Å². The first-order valence-electron chi connectivity index (χ1n) is 31.4. The minimum Gasteiger partial charge on any atom is -0.497 e. The molecule has 1 amide bonds. The molecule has 0 radical (unpaired) electrons. The summed E-state index contributed by atoms with van der Waals surface area (Å²) in [6.45, 7) is 12.7. The molecule has 0 spiro atoms. The monoisotopic (exact) mass is 1390 g/mol. The van der Waals surface area contributed by atoms with E-state index in [0.29, 0.717) is 11.1 Å². The topological polar surface area (TPSA) is 372 Å². The van der Waals surface area contributed by atoms with Crippen molar-refractivity contribution in [2.75, 3.05) is 13.7 Å². The highest BCUT2D eigenvalue weighted by Gasteiger charge is 2.57. The largest absolute Gasteiger partial charge is 0.497 e. The van der Waals surface area contributed by atoms with Gasteiger partial charge in [0.1, 0.15) is 29.7 Å². The number of carbonyl (C=O) groups excluding carboxylic acids is 13. The number of nitrogens with one attached hydrogen (secondary N) is 1. The van der Waals surface area contributed by atoms with E-state index in [4.69, 9.17) is 71.1 Å². The summed E-state index contributed by atoms with van der Waals surface area (Å²) in [4.78, 5) is 180. The molecule has 29 nitrogen and oxygen atoms in total. The number of hydrogen-bond donors (Lipinski definition) is 1. The van der Waals surface area contributed by atoms with Gasteiger partial charge in [0.05, 0.1) is 36.5 Å². The van der Waals surface area contributed by atoms with Crippen LogP contribution in [0.15, 0.2) is 84.9 Å². The molecule has 2 aliphatic carbocycles. The van der Waals surface area contributed by atoms with Crippen molar-refractivity contribution in [3.63, 3.8) is 0 Å². The minimum absolute atomic E-state index is 0.0762. The summed E-state index contributed by atoms with van der Waals surface area (Å²) in [5.74, 6) is -15.1. The number of rotatable bonds is 21. The third kappa shape index (κ3) is 15.9. The number of fused-ring (bicyclic) bond motifs is 5. The van der Waals surface area contributed by atoms with Gasteiger partial charge in [-0.1, -0.05) is 73.7 Å². The van der Waals surface area contributed by atoms with Crippen molar-refractivity contribution in [3.8, 4) is 34.1 Å². The zero-order valence-electron chi connectivity index (χ0n) is 56.4. The van der Waals surface area contributed by atoms with Crippen LogP contribution in [0.4, 0.5) is 0 Å². The summed E-state index contributed by atoms with van der Waals surface area (Å²) in [6.07, 6.45) is -20.8. The van der Waals surface area contributed by atoms with Crippen LogP contribution in [0.5, 0.6) is 23.0 Å². The lowest BCUT2D eigenvalue weighted by Crippen LogP contribution is -2.65. The number of methoxy groups -OCH3 is 1. The Labute approximate surface area is 571 Å². The first-order chi connectivity index (χ1) is 47.4. The van der Waals surface area contributed by atoms with Gasteiger partial charge in [-0.3, -0.25) is 57.5 Å². The van der Waals surface area contributed by atoms with Crippen LogP contribution < -0.4 is 24.3 Å². The van der Waals surface area contributed by atoms with Gasteiger partial charge in [-0.2, -0.15) is 0 Å². The Hall–Kier alpha value is -10.8. The Morgan fingerprint density at radius 1 is 0.520 bits per heavy atom. The molecule has 5 aromatic carbocycles. The van der Waals surface area contributed by atoms with Gasteiger partial charge < -0.3 is 76.4 Å². The van der Waals surface area contributed by atoms with Crippen LogP contribution >= 0.6 is 0 Å². The van der Waals surface area contributed by atoms with Crippen LogP contribution in [-0.2, 0) is 100 Å². The Bertz CT molecular complexity index is 4090. The lowest BCUT2D eigenvalue weighted by Gasteiger charge is -2.48. The fourth-order valence-electron chi connectivity index (χ4n) is 12.4. The van der Waals surface area contributed by atoms with Gasteiger partial charge in [0.15, 0.2) is 78.4 Å². The fourth-order valence-corrected chi connectivity index (χ4v) is 12.4. The minimum atomic E-state index is -2.07. The molecule has 12 atom stereocenters. The summed E-state index contributed by atoms with van der Waals surface area (Å²) < 4.78 is 90.0. The third-order valence-corrected chi connectivity index (χ3v) is 16.1. The van der Waals surface area contributed by atoms with Crippen LogP contribution in [0.1, 0.15) is 171 Å². The summed E-state index contributed by atoms with van der Waals surface area (Å²) in [5.41, 5.74) is -3.03. The highest BCUT2D eigenvalue weighted by molar-refractivity contribution is 6.31. The third-order valence-electron chi connectivity index (χ3n) is 16.1. The molecule has 100 heavy (non-hydrogen) atoms. The molecule has 2 fully saturated rings. The number of ether oxygens (including phenoxy) is 15. The van der Waals surface area contributed by atoms with Crippen LogP contribution in [0.3, 0.4) is 0 Å². The van der Waals surface area contributed by atoms with Gasteiger partial charge in [0.2, 0.25) is 0 Å². The van der Waals surface area contributed by atoms with Crippen LogP contribution in [0.2, 0.25) is 0 Å². The van der Waals surface area contributed by atoms with Crippen molar-refractivity contribution >= 4 is 77.2 Å². The number of carbonyl (C=O) groups is 13. The second-order valence-electron chi connectivity index (χ2n) is 23.6. The van der Waals surface area contributed by atoms with E-state index < -0.39 is 225 Å². The Kier molecular flexibility index (Phi) is 22.8. The van der Waals surface area contributed by atoms with Crippen LogP contribution in [-0.4, -0.2) is 152 Å². The number of esters is 10. The van der Waals surface area contributed by atoms with E-state index in [0.717, 1.165) is 74.4 Å². The number of aryl methyl sites for hydroxylation is 1. The second kappa shape index (κ2) is 31.0. The lowest BCUT2D eigenvalue weighted by atomic mass is 9.73. The Morgan fingerprint density at radius 3 is 1.56 bits per heavy atom. The standard InChI is InChI=1S/C71H71NO28/c1-14-48(69(85)98-59(41-21-17-15-18-22-41)42-23-19-16-20-24-42)72-68(84)51-30(2)25-46-53(63(51)94-37(9)78)54-47(28-45-55(64(54)95-38(10)79)57(83)44-26-43(86-13)27-49(89-32(4)73)52(44)56(45)82)60(92-35(7)76)61(46)99-71-67(97-40(12)81)65(58(31(3)88-71)91-34(6)75)100-70-66(96-39(11)80)62(93-36(8)77)50(29-87-70)90-33(5)74/h15-28,31,48,50,58-62,65-67,70-71H,14,29H2,1-13H3,(H,72,84)/t31-,48-,50-,58+,60+,61+,62+,65+,66-,67-,70+,71+/m1/s1. The van der Waals surface area contributed by atoms with E-state index in [1.807, 2.05) is 0 Å². The van der Waals surface area contributed by atoms with Crippen molar-refractivity contribution in [3.05, 3.63) is 141 Å². The molecule has 29 heteroatoms. The molecule has 0 saturated carbocycles. The molecule has 4 aliphatic rings. The number of hydrogen-bond acceptors (Lipinski definition) is 28. The molecule has 9 rings (SSSR count). The summed E-state index contributed by atoms with van der Waals surface area (Å²) in [5, 5.41) is 2.72. The smallest absolute Gasteiger partial charge is 0.329 e. The lowest BCUT2D eigenvalue weighted by molar-refractivity contribution is -0.355. The first-order valence-corrected chi connectivity index (χ1v) is 31.4. The first kappa shape index (κ1) is 73.5. The second-order valence-corrected chi connectivity index (χ2v) is 23.6. The number of ketones is 2. The van der Waals surface area contributed by atoms with Gasteiger partial charge in [-0.05, 0) is 54.7 Å². The van der Waals surface area contributed by atoms with Crippen molar-refractivity contribution < 1.29 is 133 Å². The van der Waals surface area contributed by atoms with Gasteiger partial charge in [-0.25, -0.2) is 4.79 Å². The SMILES string of the molecule is CC[C@@H](NC(=O)c1c(C)cc2c(c1OC(C)=O)-c1c(cc3c(c1OC(C)=O)C(=O)c1cc(OC)cc(OC(C)=O)c1C3=O)[C@H](OC(C)=O)[C@H]2O[C@@H]1O[C@H](C)[C@H](OC(C)=O)[C@H](O[C@@H]2OC[C@@H](OC(C)=O)[C@H](OC(C)=O)[C@H]2OC(C)=O)[C@H]1OC(C)=O)C(=O)OC(c1ccccc1)c1ccccc1. The maximum atomic E-state index is 15.5. The molecule has 1 N–H and O–H groups in total. The van der Waals surface area contributed by atoms with Gasteiger partial charge in [0, 0.05) is 96.2 Å². The normalized spacial score (nSPS) is 22.1. The molecular weight excluding hydrogens is 1310 g/mol. The maximum absolute atomic E-state index is 15.5. The summed E-state index contributed by atoms with van der Waals surface area (Å²) in [7, 11) is 1.23. The van der Waals surface area contributed by atoms with E-state index in [1.165, 1.54) is 33.1 Å². The summed E-state index contributed by atoms with van der Waals surface area (Å²) in [6, 6.07) is 20.8. The number of benzene rings is 5. The highest BCUT2D eigenvalue weighted by Crippen LogP contribution is 2.59. The van der Waals surface area contributed by atoms with Gasteiger partial charge >= 0.3 is 59.7 Å². The molecule has 2 saturated heterocycles. The van der Waals surface area contributed by atoms with Gasteiger partial charge in [0.25, 0.3) is 5.91 Å². The zero-order chi connectivity index (χ0) is 72.9. The van der Waals surface area contributed by atoms with E-state index in [9.17, 15) is 47.9 Å². The summed E-state index contributed by atoms with van der Waals surface area (Å²) >= 11 is 0. The number of amides is 1. The van der Waals surface area contributed by atoms with Crippen molar-refractivity contribution in [2.24, 2.45) is 0 Å². The maximum Gasteiger partial charge on any atom is 0.329 e. The van der Waals surface area contributed by atoms with E-state index in [2.05, 4.69) is 5.32 Å². The average Bonchev–Trinajstić information content (AvgIpc) is 0.698. The quantitative estimate of drug-likeness (QED) is 0.0435. The molecule has 0 bridgehead atoms. The molecule has 2 aliphatic heterocycles. The zero-order valence-corrected chi connectivity index (χ0v) is 56.4. The van der Waals surface area contributed by atoms with E-state index in [-0.39, 0.29) is 23.3 Å². The molecule has 2 heterocycles. The predicted octanol–water partition coefficient (Wildman–Crippen LogP) is 6.88. The van der Waals surface area contributed by atoms with Crippen molar-refractivity contribution in [1.29, 1.82) is 0 Å². The van der Waals surface area contributed by atoms with Crippen molar-refractivity contribution in [2.45, 2.75) is 169 Å². The van der Waals surface area contributed by atoms with E-state index in [1.54, 1.807) is 67.6 Å². The molecule has 0 unspecified atom stereocenters. The van der Waals surface area contributed by atoms with Crippen LogP contribution in [0.25, 0.3) is 11.1 Å². The Balaban J connectivity index is 1.29. The molecule has 5 aromatic rings. The molecular formula is C71H71NO28. The van der Waals surface area contributed by atoms with Crippen LogP contribution in [0, 0.1) is 6.92 Å². The average molecular weight is 1390 g/mol. The molecule has 528 valence electrons. The highest BCUT2D eigenvalue weighted by atomic mass is 16.8. The molecule has 0 aromatic heterocycles. The van der Waals surface area contributed by atoms with Gasteiger partial charge in [-0.15, -0.1) is 0 Å². The fraction of sp³-hybridized carbons (Fsp3) is 0.394. The predicted molar refractivity (Wildman–Crippen MR) is 338 cm³/mol. The Morgan fingerprint density at radius 2 is 1.02 bits per heavy atom. The van der Waals surface area contributed by atoms with E-state index >= 15 is 14.4 Å².